The Hall–Kier alpha value is -2.44. The molecule has 24 heavy (non-hydrogen) atoms. The molecule has 0 unspecified atom stereocenters. The predicted molar refractivity (Wildman–Crippen MR) is 93.0 cm³/mol. The van der Waals surface area contributed by atoms with Crippen LogP contribution in [0.1, 0.15) is 52.0 Å². The summed E-state index contributed by atoms with van der Waals surface area (Å²) in [7, 11) is 0. The van der Waals surface area contributed by atoms with Crippen LogP contribution < -0.4 is 5.32 Å². The molecule has 2 aromatic heterocycles. The van der Waals surface area contributed by atoms with Crippen molar-refractivity contribution >= 4 is 11.9 Å². The molecular weight excluding hydrogens is 306 g/mol. The molecule has 2 rings (SSSR count). The van der Waals surface area contributed by atoms with Gasteiger partial charge in [-0.2, -0.15) is 5.10 Å². The van der Waals surface area contributed by atoms with Crippen LogP contribution in [-0.4, -0.2) is 38.4 Å². The van der Waals surface area contributed by atoms with Crippen LogP contribution in [0.5, 0.6) is 0 Å². The van der Waals surface area contributed by atoms with E-state index in [1.165, 1.54) is 0 Å². The number of hydrogen-bond donors (Lipinski definition) is 1. The summed E-state index contributed by atoms with van der Waals surface area (Å²) in [6, 6.07) is 3.74. The second-order valence-electron chi connectivity index (χ2n) is 6.78. The molecule has 0 atom stereocenters. The molecule has 0 saturated carbocycles. The van der Waals surface area contributed by atoms with Gasteiger partial charge in [0.25, 0.3) is 0 Å². The van der Waals surface area contributed by atoms with Gasteiger partial charge in [0.1, 0.15) is 0 Å². The molecular formula is C17H25N5O2. The summed E-state index contributed by atoms with van der Waals surface area (Å²) in [5.41, 5.74) is 1.42. The third-order valence-electron chi connectivity index (χ3n) is 3.17. The van der Waals surface area contributed by atoms with Gasteiger partial charge in [0, 0.05) is 18.3 Å². The SMILES string of the molecule is CCOC(=O)c1cc(-c2ccnc(NC(C)C)n2)n(C(C)(C)C)n1. The van der Waals surface area contributed by atoms with Crippen LogP contribution >= 0.6 is 0 Å². The van der Waals surface area contributed by atoms with Crippen LogP contribution in [0.25, 0.3) is 11.4 Å². The van der Waals surface area contributed by atoms with E-state index >= 15 is 0 Å². The molecule has 0 spiro atoms. The van der Waals surface area contributed by atoms with Crippen molar-refractivity contribution in [3.8, 4) is 11.4 Å². The lowest BCUT2D eigenvalue weighted by molar-refractivity contribution is 0.0517. The maximum atomic E-state index is 12.0. The summed E-state index contributed by atoms with van der Waals surface area (Å²) < 4.78 is 6.85. The number of aromatic nitrogens is 4. The molecule has 0 bridgehead atoms. The molecule has 0 aromatic carbocycles. The molecule has 0 aliphatic rings. The zero-order chi connectivity index (χ0) is 17.9. The largest absolute Gasteiger partial charge is 0.461 e. The second kappa shape index (κ2) is 6.98. The first-order valence-corrected chi connectivity index (χ1v) is 8.10. The van der Waals surface area contributed by atoms with Gasteiger partial charge in [-0.25, -0.2) is 14.8 Å². The van der Waals surface area contributed by atoms with Gasteiger partial charge in [-0.05, 0) is 47.6 Å². The topological polar surface area (TPSA) is 81.9 Å². The Bertz CT molecular complexity index is 716. The molecule has 0 amide bonds. The summed E-state index contributed by atoms with van der Waals surface area (Å²) >= 11 is 0. The van der Waals surface area contributed by atoms with Crippen LogP contribution in [0.2, 0.25) is 0 Å². The molecule has 0 radical (unpaired) electrons. The Morgan fingerprint density at radius 2 is 2.08 bits per heavy atom. The lowest BCUT2D eigenvalue weighted by Gasteiger charge is -2.22. The van der Waals surface area contributed by atoms with E-state index in [0.29, 0.717) is 18.2 Å². The van der Waals surface area contributed by atoms with Crippen molar-refractivity contribution in [3.63, 3.8) is 0 Å². The summed E-state index contributed by atoms with van der Waals surface area (Å²) in [6.07, 6.45) is 1.69. The molecule has 1 N–H and O–H groups in total. The number of anilines is 1. The van der Waals surface area contributed by atoms with Crippen molar-refractivity contribution in [3.05, 3.63) is 24.0 Å². The van der Waals surface area contributed by atoms with Gasteiger partial charge in [-0.1, -0.05) is 0 Å². The quantitative estimate of drug-likeness (QED) is 0.848. The summed E-state index contributed by atoms with van der Waals surface area (Å²) in [5, 5.41) is 7.61. The summed E-state index contributed by atoms with van der Waals surface area (Å²) in [4.78, 5) is 20.8. The fourth-order valence-electron chi connectivity index (χ4n) is 2.21. The summed E-state index contributed by atoms with van der Waals surface area (Å²) in [5.74, 6) is 0.109. The highest BCUT2D eigenvalue weighted by Gasteiger charge is 2.24. The maximum absolute atomic E-state index is 12.0. The van der Waals surface area contributed by atoms with E-state index in [1.54, 1.807) is 29.9 Å². The summed E-state index contributed by atoms with van der Waals surface area (Å²) in [6.45, 7) is 12.2. The second-order valence-corrected chi connectivity index (χ2v) is 6.78. The van der Waals surface area contributed by atoms with E-state index in [2.05, 4.69) is 20.4 Å². The molecule has 7 nitrogen and oxygen atoms in total. The van der Waals surface area contributed by atoms with E-state index in [0.717, 1.165) is 5.69 Å². The normalized spacial score (nSPS) is 11.6. The van der Waals surface area contributed by atoms with Gasteiger partial charge in [-0.15, -0.1) is 0 Å². The molecule has 0 aliphatic heterocycles. The van der Waals surface area contributed by atoms with Crippen molar-refractivity contribution in [2.45, 2.75) is 53.1 Å². The van der Waals surface area contributed by atoms with E-state index in [1.807, 2.05) is 34.6 Å². The van der Waals surface area contributed by atoms with Crippen molar-refractivity contribution in [1.29, 1.82) is 0 Å². The predicted octanol–water partition coefficient (Wildman–Crippen LogP) is 3.09. The highest BCUT2D eigenvalue weighted by molar-refractivity contribution is 5.88. The van der Waals surface area contributed by atoms with Crippen molar-refractivity contribution in [1.82, 2.24) is 19.7 Å². The number of nitrogens with one attached hydrogen (secondary N) is 1. The van der Waals surface area contributed by atoms with Gasteiger partial charge < -0.3 is 10.1 Å². The Kier molecular flexibility index (Phi) is 5.21. The van der Waals surface area contributed by atoms with Crippen LogP contribution in [0, 0.1) is 0 Å². The first kappa shape index (κ1) is 17.9. The third-order valence-corrected chi connectivity index (χ3v) is 3.17. The smallest absolute Gasteiger partial charge is 0.358 e. The van der Waals surface area contributed by atoms with Crippen LogP contribution in [-0.2, 0) is 10.3 Å². The molecule has 0 aliphatic carbocycles. The number of carbonyl (C=O) groups is 1. The molecule has 2 aromatic rings. The van der Waals surface area contributed by atoms with Gasteiger partial charge in [0.15, 0.2) is 5.69 Å². The standard InChI is InChI=1S/C17H25N5O2/c1-7-24-15(23)13-10-14(22(21-13)17(4,5)6)12-8-9-18-16(20-12)19-11(2)3/h8-11H,7H2,1-6H3,(H,18,19,20). The first-order valence-electron chi connectivity index (χ1n) is 8.10. The number of carbonyl (C=O) groups excluding carboxylic acids is 1. The fraction of sp³-hybridized carbons (Fsp3) is 0.529. The van der Waals surface area contributed by atoms with E-state index in [4.69, 9.17) is 4.74 Å². The Labute approximate surface area is 142 Å². The third kappa shape index (κ3) is 4.10. The van der Waals surface area contributed by atoms with E-state index < -0.39 is 5.97 Å². The lowest BCUT2D eigenvalue weighted by atomic mass is 10.1. The van der Waals surface area contributed by atoms with Crippen molar-refractivity contribution in [2.75, 3.05) is 11.9 Å². The maximum Gasteiger partial charge on any atom is 0.358 e. The molecule has 7 heteroatoms. The molecule has 0 fully saturated rings. The van der Waals surface area contributed by atoms with Gasteiger partial charge in [-0.3, -0.25) is 4.68 Å². The van der Waals surface area contributed by atoms with Crippen LogP contribution in [0.4, 0.5) is 5.95 Å². The number of nitrogens with zero attached hydrogens (tertiary/aromatic N) is 4. The van der Waals surface area contributed by atoms with E-state index in [-0.39, 0.29) is 17.3 Å². The Morgan fingerprint density at radius 1 is 1.38 bits per heavy atom. The molecule has 0 saturated heterocycles. The number of esters is 1. The number of ether oxygens (including phenoxy) is 1. The first-order chi connectivity index (χ1) is 11.2. The lowest BCUT2D eigenvalue weighted by Crippen LogP contribution is -2.25. The van der Waals surface area contributed by atoms with Crippen LogP contribution in [0.15, 0.2) is 18.3 Å². The van der Waals surface area contributed by atoms with Crippen molar-refractivity contribution in [2.24, 2.45) is 0 Å². The minimum atomic E-state index is -0.434. The number of rotatable bonds is 5. The zero-order valence-electron chi connectivity index (χ0n) is 15.1. The monoisotopic (exact) mass is 331 g/mol. The molecule has 130 valence electrons. The van der Waals surface area contributed by atoms with Crippen molar-refractivity contribution < 1.29 is 9.53 Å². The minimum absolute atomic E-state index is 0.225. The highest BCUT2D eigenvalue weighted by Crippen LogP contribution is 2.26. The average molecular weight is 331 g/mol. The van der Waals surface area contributed by atoms with E-state index in [9.17, 15) is 4.79 Å². The van der Waals surface area contributed by atoms with Gasteiger partial charge >= 0.3 is 5.97 Å². The zero-order valence-corrected chi connectivity index (χ0v) is 15.1. The Balaban J connectivity index is 2.50. The highest BCUT2D eigenvalue weighted by atomic mass is 16.5. The minimum Gasteiger partial charge on any atom is -0.461 e. The molecule has 2 heterocycles. The fourth-order valence-corrected chi connectivity index (χ4v) is 2.21. The van der Waals surface area contributed by atoms with Gasteiger partial charge in [0.05, 0.1) is 23.5 Å². The van der Waals surface area contributed by atoms with Gasteiger partial charge in [0.2, 0.25) is 5.95 Å². The number of hydrogen-bond acceptors (Lipinski definition) is 6. The average Bonchev–Trinajstić information content (AvgIpc) is 2.92. The van der Waals surface area contributed by atoms with Crippen LogP contribution in [0.3, 0.4) is 0 Å². The Morgan fingerprint density at radius 3 is 2.67 bits per heavy atom.